The molecule has 154 valence electrons. The zero-order valence-corrected chi connectivity index (χ0v) is 16.8. The molecular weight excluding hydrogens is 365 g/mol. The van der Waals surface area contributed by atoms with Crippen molar-refractivity contribution in [3.8, 4) is 0 Å². The number of pyridine rings is 1. The summed E-state index contributed by atoms with van der Waals surface area (Å²) in [6.45, 7) is 8.44. The lowest BCUT2D eigenvalue weighted by Crippen LogP contribution is -2.47. The highest BCUT2D eigenvalue weighted by Crippen LogP contribution is 2.18. The Balaban J connectivity index is 1.93. The molecule has 1 saturated heterocycles. The van der Waals surface area contributed by atoms with E-state index in [0.717, 1.165) is 18.9 Å². The molecule has 0 spiro atoms. The van der Waals surface area contributed by atoms with Gasteiger partial charge in [-0.15, -0.1) is 0 Å². The SMILES string of the molecule is CCOC(=O)/C(F)=C/c1ccc(N[C@@H]2CCCN(C(=O)OC(C)(C)C)C2)nc1. The third kappa shape index (κ3) is 6.83. The number of rotatable bonds is 5. The first-order valence-corrected chi connectivity index (χ1v) is 9.43. The second kappa shape index (κ2) is 9.52. The van der Waals surface area contributed by atoms with E-state index < -0.39 is 17.4 Å². The Morgan fingerprint density at radius 2 is 2.14 bits per heavy atom. The van der Waals surface area contributed by atoms with Crippen LogP contribution in [0.25, 0.3) is 6.08 Å². The van der Waals surface area contributed by atoms with Crippen molar-refractivity contribution in [2.75, 3.05) is 25.0 Å². The van der Waals surface area contributed by atoms with Gasteiger partial charge in [0.2, 0.25) is 5.83 Å². The number of hydrogen-bond acceptors (Lipinski definition) is 6. The lowest BCUT2D eigenvalue weighted by Gasteiger charge is -2.34. The van der Waals surface area contributed by atoms with E-state index >= 15 is 0 Å². The largest absolute Gasteiger partial charge is 0.461 e. The number of piperidine rings is 1. The van der Waals surface area contributed by atoms with Crippen LogP contribution in [-0.4, -0.2) is 53.3 Å². The summed E-state index contributed by atoms with van der Waals surface area (Å²) in [4.78, 5) is 29.5. The van der Waals surface area contributed by atoms with E-state index in [9.17, 15) is 14.0 Å². The van der Waals surface area contributed by atoms with Crippen LogP contribution in [0.1, 0.15) is 46.1 Å². The van der Waals surface area contributed by atoms with E-state index in [4.69, 9.17) is 4.74 Å². The topological polar surface area (TPSA) is 80.8 Å². The molecule has 0 unspecified atom stereocenters. The van der Waals surface area contributed by atoms with Gasteiger partial charge in [-0.05, 0) is 64.3 Å². The van der Waals surface area contributed by atoms with Crippen molar-refractivity contribution in [1.82, 2.24) is 9.88 Å². The number of amides is 1. The zero-order valence-electron chi connectivity index (χ0n) is 16.8. The Morgan fingerprint density at radius 3 is 2.75 bits per heavy atom. The van der Waals surface area contributed by atoms with Crippen LogP contribution < -0.4 is 5.32 Å². The van der Waals surface area contributed by atoms with Crippen molar-refractivity contribution in [2.24, 2.45) is 0 Å². The van der Waals surface area contributed by atoms with E-state index in [1.54, 1.807) is 24.0 Å². The summed E-state index contributed by atoms with van der Waals surface area (Å²) in [7, 11) is 0. The molecule has 1 N–H and O–H groups in total. The highest BCUT2D eigenvalue weighted by molar-refractivity contribution is 5.91. The molecule has 2 heterocycles. The molecule has 1 fully saturated rings. The molecule has 0 aliphatic carbocycles. The number of anilines is 1. The van der Waals surface area contributed by atoms with Gasteiger partial charge in [-0.3, -0.25) is 0 Å². The molecular formula is C20H28FN3O4. The molecule has 7 nitrogen and oxygen atoms in total. The van der Waals surface area contributed by atoms with Gasteiger partial charge in [-0.2, -0.15) is 4.39 Å². The summed E-state index contributed by atoms with van der Waals surface area (Å²) in [6.07, 6.45) is 4.00. The lowest BCUT2D eigenvalue weighted by atomic mass is 10.1. The summed E-state index contributed by atoms with van der Waals surface area (Å²) in [5.41, 5.74) is -0.0728. The standard InChI is InChI=1S/C20H28FN3O4/c1-5-27-18(25)16(21)11-14-8-9-17(22-12-14)23-15-7-6-10-24(13-15)19(26)28-20(2,3)4/h8-9,11-12,15H,5-7,10,13H2,1-4H3,(H,22,23)/b16-11-/t15-/m1/s1. The van der Waals surface area contributed by atoms with E-state index in [1.807, 2.05) is 20.8 Å². The van der Waals surface area contributed by atoms with E-state index in [2.05, 4.69) is 15.0 Å². The van der Waals surface area contributed by atoms with Gasteiger partial charge >= 0.3 is 12.1 Å². The first-order valence-electron chi connectivity index (χ1n) is 9.43. The number of ether oxygens (including phenoxy) is 2. The molecule has 0 bridgehead atoms. The Hall–Kier alpha value is -2.64. The quantitative estimate of drug-likeness (QED) is 0.606. The molecule has 0 radical (unpaired) electrons. The van der Waals surface area contributed by atoms with Crippen LogP contribution in [0.3, 0.4) is 0 Å². The van der Waals surface area contributed by atoms with Crippen molar-refractivity contribution >= 4 is 24.0 Å². The molecule has 1 aliphatic rings. The molecule has 1 aliphatic heterocycles. The zero-order chi connectivity index (χ0) is 20.7. The fourth-order valence-corrected chi connectivity index (χ4v) is 2.78. The fraction of sp³-hybridized carbons (Fsp3) is 0.550. The van der Waals surface area contributed by atoms with Crippen LogP contribution in [0.5, 0.6) is 0 Å². The second-order valence-electron chi connectivity index (χ2n) is 7.60. The predicted octanol–water partition coefficient (Wildman–Crippen LogP) is 3.77. The number of nitrogens with one attached hydrogen (secondary N) is 1. The smallest absolute Gasteiger partial charge is 0.410 e. The Bertz CT molecular complexity index is 713. The molecule has 1 aromatic heterocycles. The normalized spacial score (nSPS) is 17.8. The number of aromatic nitrogens is 1. The summed E-state index contributed by atoms with van der Waals surface area (Å²) in [6, 6.07) is 3.41. The summed E-state index contributed by atoms with van der Waals surface area (Å²) < 4.78 is 23.7. The fourth-order valence-electron chi connectivity index (χ4n) is 2.78. The third-order valence-electron chi connectivity index (χ3n) is 3.98. The van der Waals surface area contributed by atoms with Gasteiger partial charge in [0.15, 0.2) is 0 Å². The average molecular weight is 393 g/mol. The van der Waals surface area contributed by atoms with Gasteiger partial charge < -0.3 is 19.7 Å². The average Bonchev–Trinajstić information content (AvgIpc) is 2.62. The molecule has 0 aromatic carbocycles. The number of likely N-dealkylation sites (tertiary alicyclic amines) is 1. The number of halogens is 1. The number of hydrogen-bond donors (Lipinski definition) is 1. The molecule has 1 atom stereocenters. The molecule has 2 rings (SSSR count). The number of nitrogens with zero attached hydrogens (tertiary/aromatic N) is 2. The van der Waals surface area contributed by atoms with Gasteiger partial charge in [0.1, 0.15) is 11.4 Å². The van der Waals surface area contributed by atoms with Gasteiger partial charge in [0, 0.05) is 25.3 Å². The van der Waals surface area contributed by atoms with Crippen LogP contribution in [0.2, 0.25) is 0 Å². The number of carbonyl (C=O) groups excluding carboxylic acids is 2. The minimum Gasteiger partial charge on any atom is -0.461 e. The van der Waals surface area contributed by atoms with Crippen LogP contribution in [0.15, 0.2) is 24.2 Å². The van der Waals surface area contributed by atoms with Crippen molar-refractivity contribution in [3.05, 3.63) is 29.7 Å². The number of esters is 1. The minimum absolute atomic E-state index is 0.0476. The predicted molar refractivity (Wildman–Crippen MR) is 104 cm³/mol. The van der Waals surface area contributed by atoms with Crippen LogP contribution in [0, 0.1) is 0 Å². The van der Waals surface area contributed by atoms with Crippen molar-refractivity contribution in [2.45, 2.75) is 52.2 Å². The van der Waals surface area contributed by atoms with E-state index in [-0.39, 0.29) is 18.7 Å². The van der Waals surface area contributed by atoms with Crippen molar-refractivity contribution in [3.63, 3.8) is 0 Å². The van der Waals surface area contributed by atoms with Crippen LogP contribution in [-0.2, 0) is 14.3 Å². The van der Waals surface area contributed by atoms with E-state index in [0.29, 0.717) is 24.5 Å². The highest BCUT2D eigenvalue weighted by atomic mass is 19.1. The highest BCUT2D eigenvalue weighted by Gasteiger charge is 2.27. The summed E-state index contributed by atoms with van der Waals surface area (Å²) in [5, 5.41) is 3.29. The first-order chi connectivity index (χ1) is 13.2. The molecule has 8 heteroatoms. The lowest BCUT2D eigenvalue weighted by molar-refractivity contribution is -0.140. The monoisotopic (exact) mass is 393 g/mol. The van der Waals surface area contributed by atoms with Crippen molar-refractivity contribution in [1.29, 1.82) is 0 Å². The Kier molecular flexibility index (Phi) is 7.37. The van der Waals surface area contributed by atoms with Gasteiger partial charge in [-0.25, -0.2) is 14.6 Å². The molecule has 0 saturated carbocycles. The maximum absolute atomic E-state index is 13.7. The summed E-state index contributed by atoms with van der Waals surface area (Å²) in [5.74, 6) is -1.34. The van der Waals surface area contributed by atoms with E-state index in [1.165, 1.54) is 6.20 Å². The van der Waals surface area contributed by atoms with Gasteiger partial charge in [-0.1, -0.05) is 0 Å². The van der Waals surface area contributed by atoms with Crippen LogP contribution in [0.4, 0.5) is 15.0 Å². The van der Waals surface area contributed by atoms with Crippen molar-refractivity contribution < 1.29 is 23.5 Å². The molecule has 28 heavy (non-hydrogen) atoms. The Labute approximate surface area is 164 Å². The summed E-state index contributed by atoms with van der Waals surface area (Å²) >= 11 is 0. The van der Waals surface area contributed by atoms with Gasteiger partial charge in [0.05, 0.1) is 6.61 Å². The Morgan fingerprint density at radius 1 is 1.39 bits per heavy atom. The maximum Gasteiger partial charge on any atom is 0.410 e. The molecule has 1 amide bonds. The first kappa shape index (κ1) is 21.7. The third-order valence-corrected chi connectivity index (χ3v) is 3.98. The second-order valence-corrected chi connectivity index (χ2v) is 7.60. The van der Waals surface area contributed by atoms with Gasteiger partial charge in [0.25, 0.3) is 0 Å². The minimum atomic E-state index is -0.992. The maximum atomic E-state index is 13.7. The number of carbonyl (C=O) groups is 2. The van der Waals surface area contributed by atoms with Crippen LogP contribution >= 0.6 is 0 Å². The molecule has 1 aromatic rings.